The van der Waals surface area contributed by atoms with Crippen LogP contribution in [0.15, 0.2) is 40.1 Å². The molecule has 0 bridgehead atoms. The highest BCUT2D eigenvalue weighted by molar-refractivity contribution is 7.89. The zero-order chi connectivity index (χ0) is 15.0. The molecule has 0 amide bonds. The summed E-state index contributed by atoms with van der Waals surface area (Å²) in [6.45, 7) is 4.44. The molecule has 2 aromatic heterocycles. The van der Waals surface area contributed by atoms with Crippen molar-refractivity contribution in [3.63, 3.8) is 0 Å². The molecule has 1 unspecified atom stereocenters. The van der Waals surface area contributed by atoms with Crippen molar-refractivity contribution in [2.45, 2.75) is 43.7 Å². The molecule has 1 aliphatic rings. The Bertz CT molecular complexity index is 704. The van der Waals surface area contributed by atoms with Crippen molar-refractivity contribution in [2.75, 3.05) is 6.54 Å². The van der Waals surface area contributed by atoms with E-state index in [2.05, 4.69) is 5.10 Å². The van der Waals surface area contributed by atoms with E-state index >= 15 is 0 Å². The predicted molar refractivity (Wildman–Crippen MR) is 77.2 cm³/mol. The van der Waals surface area contributed by atoms with E-state index < -0.39 is 10.0 Å². The summed E-state index contributed by atoms with van der Waals surface area (Å²) in [5.74, 6) is 0.701. The first-order valence-electron chi connectivity index (χ1n) is 7.09. The quantitative estimate of drug-likeness (QED) is 0.870. The van der Waals surface area contributed by atoms with Crippen molar-refractivity contribution in [1.29, 1.82) is 0 Å². The molecule has 114 valence electrons. The maximum Gasteiger partial charge on any atom is 0.246 e. The second kappa shape index (κ2) is 5.31. The average Bonchev–Trinajstić information content (AvgIpc) is 3.19. The van der Waals surface area contributed by atoms with Crippen molar-refractivity contribution in [3.05, 3.63) is 36.5 Å². The molecule has 0 N–H and O–H groups in total. The summed E-state index contributed by atoms with van der Waals surface area (Å²) < 4.78 is 34.2. The maximum atomic E-state index is 12.8. The first-order valence-corrected chi connectivity index (χ1v) is 8.53. The average molecular weight is 309 g/mol. The molecular formula is C14H19N3O3S. The largest absolute Gasteiger partial charge is 0.468 e. The third-order valence-electron chi connectivity index (χ3n) is 3.79. The van der Waals surface area contributed by atoms with Crippen LogP contribution in [0.4, 0.5) is 0 Å². The second-order valence-corrected chi connectivity index (χ2v) is 7.43. The summed E-state index contributed by atoms with van der Waals surface area (Å²) in [5.41, 5.74) is 0. The molecule has 1 atom stereocenters. The Morgan fingerprint density at radius 3 is 2.86 bits per heavy atom. The number of hydrogen-bond donors (Lipinski definition) is 0. The van der Waals surface area contributed by atoms with E-state index in [9.17, 15) is 8.42 Å². The van der Waals surface area contributed by atoms with Gasteiger partial charge in [-0.2, -0.15) is 9.40 Å². The normalized spacial score (nSPS) is 20.4. The van der Waals surface area contributed by atoms with E-state index in [1.165, 1.54) is 10.5 Å². The van der Waals surface area contributed by atoms with E-state index in [-0.39, 0.29) is 17.0 Å². The number of aromatic nitrogens is 2. The van der Waals surface area contributed by atoms with Crippen molar-refractivity contribution in [3.8, 4) is 0 Å². The fourth-order valence-electron chi connectivity index (χ4n) is 2.66. The molecule has 0 aliphatic carbocycles. The number of hydrogen-bond acceptors (Lipinski definition) is 4. The Kier molecular flexibility index (Phi) is 3.62. The van der Waals surface area contributed by atoms with Crippen molar-refractivity contribution < 1.29 is 12.8 Å². The summed E-state index contributed by atoms with van der Waals surface area (Å²) in [7, 11) is -3.54. The van der Waals surface area contributed by atoms with Crippen LogP contribution in [0.3, 0.4) is 0 Å². The van der Waals surface area contributed by atoms with Crippen molar-refractivity contribution in [1.82, 2.24) is 14.1 Å². The first-order chi connectivity index (χ1) is 10.00. The van der Waals surface area contributed by atoms with Gasteiger partial charge in [0.15, 0.2) is 0 Å². The molecule has 6 nitrogen and oxygen atoms in total. The second-order valence-electron chi connectivity index (χ2n) is 5.54. The summed E-state index contributed by atoms with van der Waals surface area (Å²) in [6.07, 6.45) is 6.22. The molecule has 1 fully saturated rings. The van der Waals surface area contributed by atoms with Crippen LogP contribution < -0.4 is 0 Å². The number of furan rings is 1. The van der Waals surface area contributed by atoms with E-state index in [1.54, 1.807) is 23.2 Å². The van der Waals surface area contributed by atoms with Crippen molar-refractivity contribution >= 4 is 10.0 Å². The fourth-order valence-corrected chi connectivity index (χ4v) is 4.27. The monoisotopic (exact) mass is 309 g/mol. The molecule has 3 heterocycles. The van der Waals surface area contributed by atoms with Gasteiger partial charge in [-0.25, -0.2) is 8.42 Å². The summed E-state index contributed by atoms with van der Waals surface area (Å²) in [6, 6.07) is 3.53. The highest BCUT2D eigenvalue weighted by Gasteiger charge is 2.38. The van der Waals surface area contributed by atoms with Gasteiger partial charge in [-0.15, -0.1) is 0 Å². The molecule has 1 saturated heterocycles. The molecule has 0 radical (unpaired) electrons. The van der Waals surface area contributed by atoms with Crippen LogP contribution in [-0.2, 0) is 10.0 Å². The lowest BCUT2D eigenvalue weighted by atomic mass is 10.2. The minimum atomic E-state index is -3.54. The van der Waals surface area contributed by atoms with Gasteiger partial charge in [-0.1, -0.05) is 0 Å². The van der Waals surface area contributed by atoms with Gasteiger partial charge in [0, 0.05) is 18.8 Å². The van der Waals surface area contributed by atoms with Gasteiger partial charge in [0.05, 0.1) is 18.5 Å². The van der Waals surface area contributed by atoms with Crippen LogP contribution in [0.5, 0.6) is 0 Å². The van der Waals surface area contributed by atoms with Gasteiger partial charge in [-0.05, 0) is 38.8 Å². The summed E-state index contributed by atoms with van der Waals surface area (Å²) in [4.78, 5) is 0.245. The van der Waals surface area contributed by atoms with Crippen LogP contribution in [0.1, 0.15) is 44.5 Å². The molecule has 7 heteroatoms. The van der Waals surface area contributed by atoms with E-state index in [0.29, 0.717) is 12.3 Å². The Balaban J connectivity index is 1.93. The zero-order valence-corrected chi connectivity index (χ0v) is 13.0. The van der Waals surface area contributed by atoms with Crippen molar-refractivity contribution in [2.24, 2.45) is 0 Å². The molecule has 0 spiro atoms. The standard InChI is InChI=1S/C14H19N3O3S/c1-11(2)16-10-12(9-15-16)21(18,19)17-7-3-5-13(17)14-6-4-8-20-14/h4,6,8-11,13H,3,5,7H2,1-2H3. The summed E-state index contributed by atoms with van der Waals surface area (Å²) >= 11 is 0. The predicted octanol–water partition coefficient (Wildman–Crippen LogP) is 2.58. The molecule has 3 rings (SSSR count). The molecule has 2 aromatic rings. The Morgan fingerprint density at radius 1 is 1.43 bits per heavy atom. The minimum absolute atomic E-state index is 0.133. The molecule has 21 heavy (non-hydrogen) atoms. The van der Waals surface area contributed by atoms with Crippen LogP contribution in [0, 0.1) is 0 Å². The van der Waals surface area contributed by atoms with Gasteiger partial charge in [0.25, 0.3) is 0 Å². The molecule has 1 aliphatic heterocycles. The van der Waals surface area contributed by atoms with E-state index in [0.717, 1.165) is 12.8 Å². The Morgan fingerprint density at radius 2 is 2.24 bits per heavy atom. The third kappa shape index (κ3) is 2.51. The molecule has 0 saturated carbocycles. The minimum Gasteiger partial charge on any atom is -0.468 e. The van der Waals surface area contributed by atoms with Gasteiger partial charge in [-0.3, -0.25) is 4.68 Å². The molecule has 0 aromatic carbocycles. The maximum absolute atomic E-state index is 12.8. The topological polar surface area (TPSA) is 68.3 Å². The van der Waals surface area contributed by atoms with E-state index in [1.807, 2.05) is 19.9 Å². The zero-order valence-electron chi connectivity index (χ0n) is 12.1. The fraction of sp³-hybridized carbons (Fsp3) is 0.500. The number of rotatable bonds is 4. The number of nitrogens with zero attached hydrogens (tertiary/aromatic N) is 3. The lowest BCUT2D eigenvalue weighted by Gasteiger charge is -2.21. The lowest BCUT2D eigenvalue weighted by molar-refractivity contribution is 0.339. The Hall–Kier alpha value is -1.60. The number of sulfonamides is 1. The van der Waals surface area contributed by atoms with Gasteiger partial charge < -0.3 is 4.42 Å². The smallest absolute Gasteiger partial charge is 0.246 e. The highest BCUT2D eigenvalue weighted by Crippen LogP contribution is 2.36. The van der Waals surface area contributed by atoms with Crippen LogP contribution >= 0.6 is 0 Å². The van der Waals surface area contributed by atoms with Gasteiger partial charge in [0.2, 0.25) is 10.0 Å². The lowest BCUT2D eigenvalue weighted by Crippen LogP contribution is -2.30. The third-order valence-corrected chi connectivity index (χ3v) is 5.65. The van der Waals surface area contributed by atoms with Crippen LogP contribution in [0.2, 0.25) is 0 Å². The van der Waals surface area contributed by atoms with Gasteiger partial charge in [0.1, 0.15) is 10.7 Å². The highest BCUT2D eigenvalue weighted by atomic mass is 32.2. The van der Waals surface area contributed by atoms with Gasteiger partial charge >= 0.3 is 0 Å². The molecular weight excluding hydrogens is 290 g/mol. The van der Waals surface area contributed by atoms with E-state index in [4.69, 9.17) is 4.42 Å². The van der Waals surface area contributed by atoms with Crippen LogP contribution in [0.25, 0.3) is 0 Å². The first kappa shape index (κ1) is 14.3. The SMILES string of the molecule is CC(C)n1cc(S(=O)(=O)N2CCCC2c2ccco2)cn1. The Labute approximate surface area is 124 Å². The van der Waals surface area contributed by atoms with Crippen LogP contribution in [-0.4, -0.2) is 29.0 Å². The summed E-state index contributed by atoms with van der Waals surface area (Å²) in [5, 5.41) is 4.13.